The third kappa shape index (κ3) is 12.4. The number of carbonyl (C=O) groups is 4. The molecule has 4 atom stereocenters. The molecule has 4 amide bonds. The zero-order chi connectivity index (χ0) is 36.8. The number of rotatable bonds is 12. The third-order valence-electron chi connectivity index (χ3n) is 8.24. The highest BCUT2D eigenvalue weighted by atomic mass is 16.3. The van der Waals surface area contributed by atoms with E-state index in [-0.39, 0.29) is 50.0 Å². The molecule has 270 valence electrons. The zero-order valence-corrected chi connectivity index (χ0v) is 28.3. The maximum Gasteiger partial charge on any atom is 0.244 e. The summed E-state index contributed by atoms with van der Waals surface area (Å²) in [6.45, 7) is 0.416. The van der Waals surface area contributed by atoms with Gasteiger partial charge in [-0.05, 0) is 66.1 Å². The Morgan fingerprint density at radius 1 is 0.627 bits per heavy atom. The van der Waals surface area contributed by atoms with Crippen LogP contribution < -0.4 is 44.2 Å². The van der Waals surface area contributed by atoms with Crippen molar-refractivity contribution in [2.24, 2.45) is 32.9 Å². The van der Waals surface area contributed by atoms with E-state index in [4.69, 9.17) is 22.9 Å². The van der Waals surface area contributed by atoms with Crippen molar-refractivity contribution in [2.75, 3.05) is 13.1 Å². The minimum absolute atomic E-state index is 0.0473. The van der Waals surface area contributed by atoms with Crippen LogP contribution in [0.4, 0.5) is 0 Å². The van der Waals surface area contributed by atoms with Gasteiger partial charge < -0.3 is 49.3 Å². The van der Waals surface area contributed by atoms with Gasteiger partial charge >= 0.3 is 0 Å². The van der Waals surface area contributed by atoms with Crippen molar-refractivity contribution in [1.82, 2.24) is 21.3 Å². The molecule has 13 N–H and O–H groups in total. The van der Waals surface area contributed by atoms with Crippen LogP contribution in [0.5, 0.6) is 5.75 Å². The molecule has 0 bridgehead atoms. The van der Waals surface area contributed by atoms with Gasteiger partial charge in [0.1, 0.15) is 23.9 Å². The Morgan fingerprint density at radius 2 is 1.18 bits per heavy atom. The fourth-order valence-electron chi connectivity index (χ4n) is 5.66. The number of nitrogens with one attached hydrogen (secondary N) is 4. The number of aromatic hydroxyl groups is 1. The highest BCUT2D eigenvalue weighted by Gasteiger charge is 2.30. The molecule has 4 rings (SSSR count). The predicted octanol–water partition coefficient (Wildman–Crippen LogP) is -0.0532. The lowest BCUT2D eigenvalue weighted by molar-refractivity contribution is -0.133. The summed E-state index contributed by atoms with van der Waals surface area (Å²) in [6, 6.07) is 16.2. The quantitative estimate of drug-likeness (QED) is 0.0696. The van der Waals surface area contributed by atoms with Crippen LogP contribution in [0.2, 0.25) is 0 Å². The highest BCUT2D eigenvalue weighted by molar-refractivity contribution is 5.96. The Hall–Kier alpha value is -6.12. The van der Waals surface area contributed by atoms with Crippen molar-refractivity contribution in [1.29, 1.82) is 0 Å². The van der Waals surface area contributed by atoms with Gasteiger partial charge in [0, 0.05) is 25.6 Å². The van der Waals surface area contributed by atoms with Gasteiger partial charge in [0.05, 0.1) is 6.04 Å². The molecule has 1 aliphatic heterocycles. The second-order valence-electron chi connectivity index (χ2n) is 12.3. The summed E-state index contributed by atoms with van der Waals surface area (Å²) in [5.41, 5.74) is 23.4. The second-order valence-corrected chi connectivity index (χ2v) is 12.3. The molecule has 51 heavy (non-hydrogen) atoms. The number of nitrogens with zero attached hydrogens (tertiary/aromatic N) is 2. The lowest BCUT2D eigenvalue weighted by Gasteiger charge is -2.27. The molecule has 15 heteroatoms. The molecule has 0 radical (unpaired) electrons. The number of benzene rings is 3. The first-order valence-corrected chi connectivity index (χ1v) is 16.7. The standard InChI is InChI=1S/C36H46N10O5/c37-35(38)41-17-3-7-28-32(49)43-26(20-23-9-12-24-5-1-2-6-25(24)19-23)13-16-31(48)44-30(21-22-10-14-27(47)15-11-22)34(51)46-29(33(50)45-28)8-4-18-42-36(39)40/h1-2,5-6,9-16,19,26,28-30,47H,3-4,7-8,17-18,20-21H2,(H,43,49)(H,44,48)(H,45,50)(H,46,51)(H4,37,38,41)(H4,39,40,42)/b16-13+/t26-,28+,29+,30-/m1/s1. The van der Waals surface area contributed by atoms with E-state index in [0.717, 1.165) is 16.3 Å². The molecule has 0 saturated carbocycles. The van der Waals surface area contributed by atoms with Crippen molar-refractivity contribution in [3.8, 4) is 5.75 Å². The van der Waals surface area contributed by atoms with Crippen LogP contribution in [0.15, 0.2) is 88.9 Å². The molecule has 0 aliphatic carbocycles. The monoisotopic (exact) mass is 698 g/mol. The number of phenolic OH excluding ortho intramolecular Hbond substituents is 1. The molecule has 1 aliphatic rings. The number of carbonyl (C=O) groups excluding carboxylic acids is 4. The predicted molar refractivity (Wildman–Crippen MR) is 196 cm³/mol. The van der Waals surface area contributed by atoms with E-state index in [0.29, 0.717) is 24.8 Å². The minimum atomic E-state index is -1.11. The van der Waals surface area contributed by atoms with Crippen LogP contribution in [0.25, 0.3) is 10.8 Å². The van der Waals surface area contributed by atoms with Gasteiger partial charge in [-0.25, -0.2) is 0 Å². The van der Waals surface area contributed by atoms with Crippen LogP contribution >= 0.6 is 0 Å². The Labute approximate surface area is 296 Å². The van der Waals surface area contributed by atoms with E-state index in [9.17, 15) is 24.3 Å². The molecule has 3 aromatic carbocycles. The van der Waals surface area contributed by atoms with Crippen LogP contribution in [0.3, 0.4) is 0 Å². The van der Waals surface area contributed by atoms with Gasteiger partial charge in [-0.1, -0.05) is 60.7 Å². The first kappa shape index (κ1) is 37.7. The van der Waals surface area contributed by atoms with E-state index in [2.05, 4.69) is 31.3 Å². The van der Waals surface area contributed by atoms with Crippen molar-refractivity contribution >= 4 is 46.3 Å². The topological polar surface area (TPSA) is 265 Å². The fraction of sp³-hybridized carbons (Fsp3) is 0.333. The number of hydrogen-bond donors (Lipinski definition) is 9. The summed E-state index contributed by atoms with van der Waals surface area (Å²) >= 11 is 0. The van der Waals surface area contributed by atoms with E-state index in [1.54, 1.807) is 18.2 Å². The smallest absolute Gasteiger partial charge is 0.244 e. The normalized spacial score (nSPS) is 20.5. The first-order valence-electron chi connectivity index (χ1n) is 16.7. The third-order valence-corrected chi connectivity index (χ3v) is 8.24. The summed E-state index contributed by atoms with van der Waals surface area (Å²) in [6.07, 6.45) is 4.24. The number of guanidine groups is 2. The van der Waals surface area contributed by atoms with Crippen molar-refractivity contribution in [3.05, 3.63) is 90.0 Å². The second kappa shape index (κ2) is 18.6. The molecule has 0 aromatic heterocycles. The Morgan fingerprint density at radius 3 is 1.78 bits per heavy atom. The van der Waals surface area contributed by atoms with E-state index < -0.39 is 47.8 Å². The van der Waals surface area contributed by atoms with E-state index >= 15 is 0 Å². The van der Waals surface area contributed by atoms with Gasteiger partial charge in [0.15, 0.2) is 11.9 Å². The highest BCUT2D eigenvalue weighted by Crippen LogP contribution is 2.18. The summed E-state index contributed by atoms with van der Waals surface area (Å²) in [5, 5.41) is 23.1. The minimum Gasteiger partial charge on any atom is -0.508 e. The van der Waals surface area contributed by atoms with Crippen LogP contribution in [0.1, 0.15) is 36.8 Å². The average Bonchev–Trinajstić information content (AvgIpc) is 3.09. The number of phenols is 1. The van der Waals surface area contributed by atoms with Crippen LogP contribution in [0, 0.1) is 0 Å². The largest absolute Gasteiger partial charge is 0.508 e. The molecule has 15 nitrogen and oxygen atoms in total. The van der Waals surface area contributed by atoms with Crippen molar-refractivity contribution in [2.45, 2.75) is 62.7 Å². The molecule has 1 heterocycles. The molecular weight excluding hydrogens is 652 g/mol. The molecule has 0 saturated heterocycles. The Kier molecular flexibility index (Phi) is 13.7. The van der Waals surface area contributed by atoms with Crippen LogP contribution in [-0.4, -0.2) is 77.9 Å². The maximum absolute atomic E-state index is 13.8. The summed E-state index contributed by atoms with van der Waals surface area (Å²) < 4.78 is 0. The first-order chi connectivity index (χ1) is 24.5. The number of amides is 4. The zero-order valence-electron chi connectivity index (χ0n) is 28.3. The molecule has 3 aromatic rings. The Balaban J connectivity index is 1.68. The van der Waals surface area contributed by atoms with E-state index in [1.807, 2.05) is 42.5 Å². The summed E-state index contributed by atoms with van der Waals surface area (Å²) in [4.78, 5) is 62.7. The number of fused-ring (bicyclic) bond motifs is 1. The SMILES string of the molecule is NC(N)=NCCC[C@@H]1NC(=O)[C@H](CCCN=C(N)N)NC(=O)[C@@H](Cc2ccc(O)cc2)NC(=O)/C=C/[C@H](Cc2ccc3ccccc3c2)NC1=O. The summed E-state index contributed by atoms with van der Waals surface area (Å²) in [7, 11) is 0. The summed E-state index contributed by atoms with van der Waals surface area (Å²) in [5.74, 6) is -2.46. The average molecular weight is 699 g/mol. The molecule has 0 unspecified atom stereocenters. The molecule has 0 spiro atoms. The van der Waals surface area contributed by atoms with E-state index in [1.165, 1.54) is 18.2 Å². The fourth-order valence-corrected chi connectivity index (χ4v) is 5.66. The number of hydrogen-bond acceptors (Lipinski definition) is 7. The Bertz CT molecular complexity index is 1770. The number of nitrogens with two attached hydrogens (primary N) is 4. The van der Waals surface area contributed by atoms with Gasteiger partial charge in [0.2, 0.25) is 23.6 Å². The lowest BCUT2D eigenvalue weighted by atomic mass is 10.00. The van der Waals surface area contributed by atoms with Crippen molar-refractivity contribution < 1.29 is 24.3 Å². The van der Waals surface area contributed by atoms with Gasteiger partial charge in [0.25, 0.3) is 0 Å². The molecular formula is C36H46N10O5. The van der Waals surface area contributed by atoms with Crippen LogP contribution in [-0.2, 0) is 32.0 Å². The van der Waals surface area contributed by atoms with Gasteiger partial charge in [-0.3, -0.25) is 29.2 Å². The lowest BCUT2D eigenvalue weighted by Crippen LogP contribution is -2.58. The number of aliphatic imine (C=N–C) groups is 2. The maximum atomic E-state index is 13.8. The molecule has 0 fully saturated rings. The van der Waals surface area contributed by atoms with Crippen molar-refractivity contribution in [3.63, 3.8) is 0 Å². The van der Waals surface area contributed by atoms with Gasteiger partial charge in [-0.2, -0.15) is 0 Å². The van der Waals surface area contributed by atoms with Gasteiger partial charge in [-0.15, -0.1) is 0 Å².